The van der Waals surface area contributed by atoms with Crippen LogP contribution in [0.5, 0.6) is 0 Å². The summed E-state index contributed by atoms with van der Waals surface area (Å²) in [6, 6.07) is 68.5. The summed E-state index contributed by atoms with van der Waals surface area (Å²) < 4.78 is 0. The number of benzene rings is 10. The van der Waals surface area contributed by atoms with Crippen molar-refractivity contribution < 1.29 is 0 Å². The summed E-state index contributed by atoms with van der Waals surface area (Å²) in [6.07, 6.45) is 0. The van der Waals surface area contributed by atoms with Gasteiger partial charge in [0.1, 0.15) is 0 Å². The fourth-order valence-corrected chi connectivity index (χ4v) is 10.0. The molecule has 0 saturated carbocycles. The maximum atomic E-state index is 2.42. The molecule has 0 bridgehead atoms. The van der Waals surface area contributed by atoms with Crippen LogP contribution in [-0.2, 0) is 5.41 Å². The summed E-state index contributed by atoms with van der Waals surface area (Å²) in [4.78, 5) is 0. The van der Waals surface area contributed by atoms with E-state index in [1.807, 2.05) is 0 Å². The summed E-state index contributed by atoms with van der Waals surface area (Å²) in [5.41, 5.74) is 13.0. The fraction of sp³-hybridized carbons (Fsp3) is 0.0196. The van der Waals surface area contributed by atoms with Crippen molar-refractivity contribution in [3.8, 4) is 33.4 Å². The lowest BCUT2D eigenvalue weighted by Crippen LogP contribution is -2.26. The van der Waals surface area contributed by atoms with Crippen LogP contribution in [0.3, 0.4) is 0 Å². The number of fused-ring (bicyclic) bond motifs is 20. The van der Waals surface area contributed by atoms with Crippen molar-refractivity contribution in [2.45, 2.75) is 5.41 Å². The van der Waals surface area contributed by atoms with Gasteiger partial charge in [0.25, 0.3) is 0 Å². The highest BCUT2D eigenvalue weighted by atomic mass is 14.5. The van der Waals surface area contributed by atoms with Gasteiger partial charge in [0, 0.05) is 0 Å². The Labute approximate surface area is 295 Å². The van der Waals surface area contributed by atoms with Gasteiger partial charge >= 0.3 is 0 Å². The maximum Gasteiger partial charge on any atom is 0.0737 e. The lowest BCUT2D eigenvalue weighted by atomic mass is 9.68. The van der Waals surface area contributed by atoms with Crippen molar-refractivity contribution in [2.24, 2.45) is 0 Å². The van der Waals surface area contributed by atoms with Crippen LogP contribution in [0.15, 0.2) is 182 Å². The molecule has 51 heavy (non-hydrogen) atoms. The molecule has 0 unspecified atom stereocenters. The molecule has 0 nitrogen and oxygen atoms in total. The highest BCUT2D eigenvalue weighted by Gasteiger charge is 2.53. The molecule has 0 aromatic heterocycles. The standard InChI is InChI=1S/C51H30/c1-2-12-35-31(11-1)21-27-44-45-28-24-34-29-32(33-23-26-41-39-15-4-3-13-37(39)38-14-5-6-16-40(38)46(41)30-33)22-25-36(34)50(45)51(49(35)44)47-19-9-7-17-42(47)43-18-8-10-20-48(43)51/h1-30H. The van der Waals surface area contributed by atoms with E-state index in [1.54, 1.807) is 0 Å². The van der Waals surface area contributed by atoms with Gasteiger partial charge in [-0.25, -0.2) is 0 Å². The average molecular weight is 643 g/mol. The van der Waals surface area contributed by atoms with E-state index in [1.165, 1.54) is 109 Å². The fourth-order valence-electron chi connectivity index (χ4n) is 10.0. The van der Waals surface area contributed by atoms with E-state index in [0.29, 0.717) is 0 Å². The molecular weight excluding hydrogens is 613 g/mol. The number of hydrogen-bond donors (Lipinski definition) is 0. The summed E-state index contributed by atoms with van der Waals surface area (Å²) in [5, 5.41) is 13.0. The lowest BCUT2D eigenvalue weighted by molar-refractivity contribution is 0.809. The molecular formula is C51H30. The lowest BCUT2D eigenvalue weighted by Gasteiger charge is -2.32. The SMILES string of the molecule is c1ccc2c(c1)-c1ccccc1C21c2c(ccc3ccccc23)-c2ccc3cc(-c4ccc5c6ccccc6c6ccccc6c5c4)ccc3c21. The Morgan fingerprint density at radius 2 is 0.686 bits per heavy atom. The molecule has 2 aliphatic rings. The Kier molecular flexibility index (Phi) is 5.26. The Hall–Kier alpha value is -6.50. The minimum atomic E-state index is -0.414. The van der Waals surface area contributed by atoms with Crippen LogP contribution in [0.25, 0.3) is 87.2 Å². The molecule has 0 amide bonds. The topological polar surface area (TPSA) is 0 Å². The van der Waals surface area contributed by atoms with E-state index in [4.69, 9.17) is 0 Å². The third-order valence-electron chi connectivity index (χ3n) is 12.0. The van der Waals surface area contributed by atoms with Crippen LogP contribution in [0.1, 0.15) is 22.3 Å². The molecule has 1 spiro atoms. The quantitative estimate of drug-likeness (QED) is 0.156. The third kappa shape index (κ3) is 3.40. The van der Waals surface area contributed by atoms with Crippen molar-refractivity contribution >= 4 is 53.9 Å². The first kappa shape index (κ1) is 27.3. The van der Waals surface area contributed by atoms with Gasteiger partial charge in [-0.3, -0.25) is 0 Å². The Morgan fingerprint density at radius 3 is 1.31 bits per heavy atom. The highest BCUT2D eigenvalue weighted by Crippen LogP contribution is 2.65. The zero-order valence-corrected chi connectivity index (χ0v) is 27.8. The molecule has 0 heteroatoms. The van der Waals surface area contributed by atoms with Gasteiger partial charge in [-0.05, 0) is 122 Å². The van der Waals surface area contributed by atoms with Crippen molar-refractivity contribution in [1.82, 2.24) is 0 Å². The molecule has 12 rings (SSSR count). The molecule has 0 radical (unpaired) electrons. The van der Waals surface area contributed by atoms with Crippen LogP contribution >= 0.6 is 0 Å². The van der Waals surface area contributed by atoms with Gasteiger partial charge in [-0.2, -0.15) is 0 Å². The highest BCUT2D eigenvalue weighted by molar-refractivity contribution is 6.25. The smallest absolute Gasteiger partial charge is 0.0619 e. The van der Waals surface area contributed by atoms with Crippen molar-refractivity contribution in [3.05, 3.63) is 204 Å². The Bertz CT molecular complexity index is 3060. The molecule has 0 saturated heterocycles. The minimum Gasteiger partial charge on any atom is -0.0619 e. The molecule has 2 aliphatic carbocycles. The van der Waals surface area contributed by atoms with Crippen molar-refractivity contribution in [3.63, 3.8) is 0 Å². The second-order valence-corrected chi connectivity index (χ2v) is 14.3. The van der Waals surface area contributed by atoms with E-state index in [2.05, 4.69) is 182 Å². The molecule has 0 N–H and O–H groups in total. The van der Waals surface area contributed by atoms with E-state index >= 15 is 0 Å². The average Bonchev–Trinajstić information content (AvgIpc) is 3.68. The molecule has 0 aliphatic heterocycles. The van der Waals surface area contributed by atoms with Crippen molar-refractivity contribution in [1.29, 1.82) is 0 Å². The Morgan fingerprint density at radius 1 is 0.255 bits per heavy atom. The predicted molar refractivity (Wildman–Crippen MR) is 216 cm³/mol. The minimum absolute atomic E-state index is 0.414. The first-order chi connectivity index (χ1) is 25.3. The van der Waals surface area contributed by atoms with Crippen LogP contribution in [0, 0.1) is 0 Å². The van der Waals surface area contributed by atoms with Gasteiger partial charge < -0.3 is 0 Å². The molecule has 0 fully saturated rings. The van der Waals surface area contributed by atoms with Crippen molar-refractivity contribution in [2.75, 3.05) is 0 Å². The second kappa shape index (κ2) is 9.81. The zero-order chi connectivity index (χ0) is 33.3. The van der Waals surface area contributed by atoms with Crippen LogP contribution in [0.2, 0.25) is 0 Å². The van der Waals surface area contributed by atoms with E-state index in [-0.39, 0.29) is 0 Å². The zero-order valence-electron chi connectivity index (χ0n) is 27.8. The monoisotopic (exact) mass is 642 g/mol. The van der Waals surface area contributed by atoms with Gasteiger partial charge in [-0.15, -0.1) is 0 Å². The third-order valence-corrected chi connectivity index (χ3v) is 12.0. The normalized spacial score (nSPS) is 13.6. The van der Waals surface area contributed by atoms with E-state index < -0.39 is 5.41 Å². The summed E-state index contributed by atoms with van der Waals surface area (Å²) in [6.45, 7) is 0. The summed E-state index contributed by atoms with van der Waals surface area (Å²) in [7, 11) is 0. The first-order valence-corrected chi connectivity index (χ1v) is 17.9. The van der Waals surface area contributed by atoms with Crippen LogP contribution < -0.4 is 0 Å². The largest absolute Gasteiger partial charge is 0.0737 e. The van der Waals surface area contributed by atoms with Gasteiger partial charge in [0.05, 0.1) is 5.41 Å². The Balaban J connectivity index is 1.15. The summed E-state index contributed by atoms with van der Waals surface area (Å²) in [5.74, 6) is 0. The number of hydrogen-bond acceptors (Lipinski definition) is 0. The predicted octanol–water partition coefficient (Wildman–Crippen LogP) is 13.5. The van der Waals surface area contributed by atoms with Gasteiger partial charge in [0.15, 0.2) is 0 Å². The molecule has 234 valence electrons. The second-order valence-electron chi connectivity index (χ2n) is 14.3. The number of rotatable bonds is 1. The molecule has 0 heterocycles. The van der Waals surface area contributed by atoms with Gasteiger partial charge in [-0.1, -0.05) is 170 Å². The molecule has 10 aromatic carbocycles. The molecule has 10 aromatic rings. The maximum absolute atomic E-state index is 2.42. The molecule has 0 atom stereocenters. The first-order valence-electron chi connectivity index (χ1n) is 17.9. The van der Waals surface area contributed by atoms with Gasteiger partial charge in [0.2, 0.25) is 0 Å². The summed E-state index contributed by atoms with van der Waals surface area (Å²) >= 11 is 0. The van der Waals surface area contributed by atoms with Crippen LogP contribution in [0.4, 0.5) is 0 Å². The van der Waals surface area contributed by atoms with E-state index in [9.17, 15) is 0 Å². The van der Waals surface area contributed by atoms with E-state index in [0.717, 1.165) is 0 Å². The van der Waals surface area contributed by atoms with Crippen LogP contribution in [-0.4, -0.2) is 0 Å².